The number of halogens is 1. The zero-order chi connectivity index (χ0) is 16.1. The molecule has 0 aromatic heterocycles. The van der Waals surface area contributed by atoms with E-state index in [-0.39, 0.29) is 24.0 Å². The van der Waals surface area contributed by atoms with Gasteiger partial charge in [0.15, 0.2) is 5.96 Å². The molecule has 0 aromatic carbocycles. The molecule has 5 nitrogen and oxygen atoms in total. The predicted octanol–water partition coefficient (Wildman–Crippen LogP) is 2.56. The lowest BCUT2D eigenvalue weighted by Gasteiger charge is -2.32. The summed E-state index contributed by atoms with van der Waals surface area (Å²) < 4.78 is 5.33. The molecule has 0 aliphatic rings. The molecule has 0 amide bonds. The second kappa shape index (κ2) is 15.8. The minimum absolute atomic E-state index is 0. The summed E-state index contributed by atoms with van der Waals surface area (Å²) in [5.74, 6) is 1.59. The van der Waals surface area contributed by atoms with Gasteiger partial charge in [-0.05, 0) is 33.4 Å². The van der Waals surface area contributed by atoms with E-state index in [0.717, 1.165) is 38.7 Å². The second-order valence-corrected chi connectivity index (χ2v) is 5.54. The maximum absolute atomic E-state index is 5.33. The first kappa shape index (κ1) is 24.2. The molecule has 1 atom stereocenters. The highest BCUT2D eigenvalue weighted by Crippen LogP contribution is 2.16. The normalized spacial score (nSPS) is 13.2. The van der Waals surface area contributed by atoms with Crippen LogP contribution in [0.15, 0.2) is 4.99 Å². The minimum atomic E-state index is 0. The number of likely N-dealkylation sites (N-methyl/N-ethyl adjacent to an activating group) is 1. The number of hydrogen-bond donors (Lipinski definition) is 2. The smallest absolute Gasteiger partial charge is 0.191 e. The Morgan fingerprint density at radius 3 is 2.23 bits per heavy atom. The van der Waals surface area contributed by atoms with Crippen molar-refractivity contribution in [3.8, 4) is 0 Å². The van der Waals surface area contributed by atoms with Crippen molar-refractivity contribution >= 4 is 29.9 Å². The maximum Gasteiger partial charge on any atom is 0.191 e. The number of guanidine groups is 1. The summed E-state index contributed by atoms with van der Waals surface area (Å²) >= 11 is 0. The molecule has 6 heteroatoms. The van der Waals surface area contributed by atoms with Crippen LogP contribution in [0.25, 0.3) is 0 Å². The largest absolute Gasteiger partial charge is 0.382 e. The van der Waals surface area contributed by atoms with Crippen LogP contribution in [0.4, 0.5) is 0 Å². The fraction of sp³-hybridized carbons (Fsp3) is 0.938. The lowest BCUT2D eigenvalue weighted by atomic mass is 9.93. The van der Waals surface area contributed by atoms with E-state index in [1.807, 2.05) is 14.0 Å². The van der Waals surface area contributed by atoms with Crippen molar-refractivity contribution in [3.63, 3.8) is 0 Å². The molecular weight excluding hydrogens is 391 g/mol. The number of aliphatic imine (C=N–C) groups is 1. The van der Waals surface area contributed by atoms with E-state index in [1.54, 1.807) is 0 Å². The number of nitrogens with zero attached hydrogens (tertiary/aromatic N) is 2. The lowest BCUT2D eigenvalue weighted by Crippen LogP contribution is -2.48. The molecule has 0 saturated heterocycles. The quantitative estimate of drug-likeness (QED) is 0.230. The van der Waals surface area contributed by atoms with Gasteiger partial charge >= 0.3 is 0 Å². The molecule has 0 radical (unpaired) electrons. The molecule has 0 bridgehead atoms. The molecule has 0 aliphatic carbocycles. The lowest BCUT2D eigenvalue weighted by molar-refractivity contribution is 0.145. The molecule has 0 fully saturated rings. The van der Waals surface area contributed by atoms with Crippen LogP contribution < -0.4 is 10.6 Å². The third-order valence-electron chi connectivity index (χ3n) is 3.92. The van der Waals surface area contributed by atoms with Gasteiger partial charge in [0.2, 0.25) is 0 Å². The van der Waals surface area contributed by atoms with Gasteiger partial charge in [0.05, 0.1) is 0 Å². The summed E-state index contributed by atoms with van der Waals surface area (Å²) in [6.07, 6.45) is 3.42. The van der Waals surface area contributed by atoms with Crippen molar-refractivity contribution in [2.75, 3.05) is 47.4 Å². The number of hydrogen-bond acceptors (Lipinski definition) is 3. The SMILES string of the molecule is CCOCCCNC(=NC)NCC(C(CC)CC)N(C)C.I. The summed E-state index contributed by atoms with van der Waals surface area (Å²) in [5, 5.41) is 6.79. The van der Waals surface area contributed by atoms with Crippen LogP contribution >= 0.6 is 24.0 Å². The van der Waals surface area contributed by atoms with E-state index in [2.05, 4.69) is 48.5 Å². The molecule has 0 rings (SSSR count). The summed E-state index contributed by atoms with van der Waals surface area (Å²) in [6.45, 7) is 9.95. The van der Waals surface area contributed by atoms with E-state index in [4.69, 9.17) is 4.74 Å². The van der Waals surface area contributed by atoms with Crippen molar-refractivity contribution in [1.29, 1.82) is 0 Å². The number of rotatable bonds is 11. The third kappa shape index (κ3) is 10.6. The Morgan fingerprint density at radius 2 is 1.77 bits per heavy atom. The zero-order valence-corrected chi connectivity index (χ0v) is 17.6. The van der Waals surface area contributed by atoms with E-state index >= 15 is 0 Å². The Balaban J connectivity index is 0. The maximum atomic E-state index is 5.33. The Bertz CT molecular complexity index is 271. The molecule has 1 unspecified atom stereocenters. The molecule has 0 aliphatic heterocycles. The average Bonchev–Trinajstić information content (AvgIpc) is 2.48. The van der Waals surface area contributed by atoms with Gasteiger partial charge in [-0.15, -0.1) is 24.0 Å². The fourth-order valence-electron chi connectivity index (χ4n) is 2.55. The van der Waals surface area contributed by atoms with Crippen LogP contribution in [-0.4, -0.2) is 64.3 Å². The first-order valence-corrected chi connectivity index (χ1v) is 8.29. The van der Waals surface area contributed by atoms with Crippen molar-refractivity contribution in [1.82, 2.24) is 15.5 Å². The molecule has 2 N–H and O–H groups in total. The Labute approximate surface area is 154 Å². The highest BCUT2D eigenvalue weighted by atomic mass is 127. The Kier molecular flexibility index (Phi) is 17.4. The molecule has 0 saturated carbocycles. The first-order chi connectivity index (χ1) is 10.1. The van der Waals surface area contributed by atoms with E-state index < -0.39 is 0 Å². The van der Waals surface area contributed by atoms with Gasteiger partial charge in [-0.2, -0.15) is 0 Å². The topological polar surface area (TPSA) is 48.9 Å². The molecule has 0 spiro atoms. The van der Waals surface area contributed by atoms with E-state index in [0.29, 0.717) is 12.0 Å². The van der Waals surface area contributed by atoms with E-state index in [1.165, 1.54) is 12.8 Å². The van der Waals surface area contributed by atoms with Crippen LogP contribution in [-0.2, 0) is 4.74 Å². The monoisotopic (exact) mass is 428 g/mol. The molecule has 0 heterocycles. The summed E-state index contributed by atoms with van der Waals surface area (Å²) in [5.41, 5.74) is 0. The van der Waals surface area contributed by atoms with Crippen molar-refractivity contribution in [2.45, 2.75) is 46.1 Å². The van der Waals surface area contributed by atoms with Gasteiger partial charge in [-0.25, -0.2) is 0 Å². The highest BCUT2D eigenvalue weighted by molar-refractivity contribution is 14.0. The van der Waals surface area contributed by atoms with Gasteiger partial charge in [0, 0.05) is 39.4 Å². The van der Waals surface area contributed by atoms with Gasteiger partial charge in [0.1, 0.15) is 0 Å². The van der Waals surface area contributed by atoms with Crippen molar-refractivity contribution < 1.29 is 4.74 Å². The summed E-state index contributed by atoms with van der Waals surface area (Å²) in [7, 11) is 6.13. The van der Waals surface area contributed by atoms with Crippen LogP contribution in [0, 0.1) is 5.92 Å². The average molecular weight is 428 g/mol. The molecular formula is C16H37IN4O. The van der Waals surface area contributed by atoms with E-state index in [9.17, 15) is 0 Å². The Hall–Kier alpha value is -0.0800. The zero-order valence-electron chi connectivity index (χ0n) is 15.3. The predicted molar refractivity (Wildman–Crippen MR) is 107 cm³/mol. The standard InChI is InChI=1S/C16H36N4O.HI/c1-7-14(8-2)15(20(5)6)13-19-16(17-4)18-11-10-12-21-9-3;/h14-15H,7-13H2,1-6H3,(H2,17,18,19);1H. The first-order valence-electron chi connectivity index (χ1n) is 8.29. The summed E-state index contributed by atoms with van der Waals surface area (Å²) in [6, 6.07) is 0.530. The third-order valence-corrected chi connectivity index (χ3v) is 3.92. The van der Waals surface area contributed by atoms with Gasteiger partial charge in [-0.1, -0.05) is 26.7 Å². The van der Waals surface area contributed by atoms with Gasteiger partial charge in [-0.3, -0.25) is 4.99 Å². The Morgan fingerprint density at radius 1 is 1.14 bits per heavy atom. The van der Waals surface area contributed by atoms with Gasteiger partial charge < -0.3 is 20.3 Å². The molecule has 134 valence electrons. The fourth-order valence-corrected chi connectivity index (χ4v) is 2.55. The number of nitrogens with one attached hydrogen (secondary N) is 2. The number of ether oxygens (including phenoxy) is 1. The van der Waals surface area contributed by atoms with Crippen molar-refractivity contribution in [3.05, 3.63) is 0 Å². The van der Waals surface area contributed by atoms with Gasteiger partial charge in [0.25, 0.3) is 0 Å². The van der Waals surface area contributed by atoms with Crippen molar-refractivity contribution in [2.24, 2.45) is 10.9 Å². The molecule has 22 heavy (non-hydrogen) atoms. The summed E-state index contributed by atoms with van der Waals surface area (Å²) in [4.78, 5) is 6.60. The highest BCUT2D eigenvalue weighted by Gasteiger charge is 2.20. The second-order valence-electron chi connectivity index (χ2n) is 5.54. The van der Waals surface area contributed by atoms with Crippen LogP contribution in [0.3, 0.4) is 0 Å². The van der Waals surface area contributed by atoms with Crippen LogP contribution in [0.5, 0.6) is 0 Å². The van der Waals surface area contributed by atoms with Crippen LogP contribution in [0.1, 0.15) is 40.0 Å². The molecule has 0 aromatic rings. The van der Waals surface area contributed by atoms with Crippen LogP contribution in [0.2, 0.25) is 0 Å². The minimum Gasteiger partial charge on any atom is -0.382 e.